The van der Waals surface area contributed by atoms with Crippen molar-refractivity contribution in [1.82, 2.24) is 9.78 Å². The number of aromatic nitrogens is 2. The van der Waals surface area contributed by atoms with Gasteiger partial charge in [0.05, 0.1) is 11.4 Å². The van der Waals surface area contributed by atoms with Gasteiger partial charge in [-0.1, -0.05) is 35.4 Å². The van der Waals surface area contributed by atoms with Crippen LogP contribution >= 0.6 is 0 Å². The topological polar surface area (TPSA) is 92.3 Å². The maximum absolute atomic E-state index is 9.35. The molecule has 24 heavy (non-hydrogen) atoms. The molecule has 118 valence electrons. The largest absolute Gasteiger partial charge is 0.382 e. The molecule has 3 aromatic rings. The number of anilines is 1. The molecule has 0 spiro atoms. The van der Waals surface area contributed by atoms with Crippen molar-refractivity contribution in [2.24, 2.45) is 10.2 Å². The van der Waals surface area contributed by atoms with E-state index in [9.17, 15) is 5.26 Å². The summed E-state index contributed by atoms with van der Waals surface area (Å²) in [5.74, 6) is 0.454. The van der Waals surface area contributed by atoms with Gasteiger partial charge in [0.2, 0.25) is 5.82 Å². The van der Waals surface area contributed by atoms with Gasteiger partial charge < -0.3 is 5.73 Å². The van der Waals surface area contributed by atoms with Gasteiger partial charge in [0.25, 0.3) is 0 Å². The lowest BCUT2D eigenvalue weighted by molar-refractivity contribution is 0.884. The average Bonchev–Trinajstić information content (AvgIpc) is 2.91. The van der Waals surface area contributed by atoms with E-state index >= 15 is 0 Å². The van der Waals surface area contributed by atoms with Crippen molar-refractivity contribution in [3.05, 3.63) is 65.2 Å². The molecule has 0 saturated heterocycles. The van der Waals surface area contributed by atoms with Crippen LogP contribution in [0, 0.1) is 25.2 Å². The highest BCUT2D eigenvalue weighted by Crippen LogP contribution is 2.28. The molecule has 1 heterocycles. The van der Waals surface area contributed by atoms with E-state index in [0.717, 1.165) is 16.8 Å². The van der Waals surface area contributed by atoms with Crippen LogP contribution in [0.25, 0.3) is 5.69 Å². The Morgan fingerprint density at radius 1 is 0.958 bits per heavy atom. The van der Waals surface area contributed by atoms with E-state index in [1.165, 1.54) is 4.68 Å². The standard InChI is InChI=1S/C18H16N6/c1-12-3-7-14(8-4-12)21-22-18-16(11-19)17(20)24(23-18)15-9-5-13(2)6-10-15/h3-10H,20H2,1-2H3. The van der Waals surface area contributed by atoms with E-state index in [-0.39, 0.29) is 17.2 Å². The molecule has 0 unspecified atom stereocenters. The minimum Gasteiger partial charge on any atom is -0.382 e. The van der Waals surface area contributed by atoms with Crippen LogP contribution in [0.2, 0.25) is 0 Å². The Hall–Kier alpha value is -3.46. The van der Waals surface area contributed by atoms with Crippen molar-refractivity contribution in [3.63, 3.8) is 0 Å². The number of nitrogen functional groups attached to an aromatic ring is 1. The molecule has 0 amide bonds. The normalized spacial score (nSPS) is 10.9. The van der Waals surface area contributed by atoms with Crippen LogP contribution < -0.4 is 5.73 Å². The molecule has 3 rings (SSSR count). The third kappa shape index (κ3) is 3.01. The summed E-state index contributed by atoms with van der Waals surface area (Å²) in [5, 5.41) is 21.9. The first-order chi connectivity index (χ1) is 11.6. The summed E-state index contributed by atoms with van der Waals surface area (Å²) in [6.45, 7) is 4.00. The third-order valence-electron chi connectivity index (χ3n) is 3.59. The minimum absolute atomic E-state index is 0.205. The first-order valence-corrected chi connectivity index (χ1v) is 7.42. The zero-order chi connectivity index (χ0) is 17.1. The second kappa shape index (κ2) is 6.34. The highest BCUT2D eigenvalue weighted by Gasteiger charge is 2.16. The van der Waals surface area contributed by atoms with Gasteiger partial charge in [0.15, 0.2) is 0 Å². The Balaban J connectivity index is 1.99. The molecule has 0 aliphatic carbocycles. The van der Waals surface area contributed by atoms with Crippen molar-refractivity contribution in [3.8, 4) is 11.8 Å². The molecule has 0 bridgehead atoms. The predicted octanol–water partition coefficient (Wildman–Crippen LogP) is 4.36. The first kappa shape index (κ1) is 15.4. The van der Waals surface area contributed by atoms with Crippen LogP contribution in [0.15, 0.2) is 58.8 Å². The highest BCUT2D eigenvalue weighted by molar-refractivity contribution is 5.63. The van der Waals surface area contributed by atoms with Crippen molar-refractivity contribution < 1.29 is 0 Å². The third-order valence-corrected chi connectivity index (χ3v) is 3.59. The fourth-order valence-corrected chi connectivity index (χ4v) is 2.20. The van der Waals surface area contributed by atoms with Crippen molar-refractivity contribution >= 4 is 17.3 Å². The van der Waals surface area contributed by atoms with Gasteiger partial charge in [0.1, 0.15) is 17.5 Å². The van der Waals surface area contributed by atoms with Gasteiger partial charge >= 0.3 is 0 Å². The fourth-order valence-electron chi connectivity index (χ4n) is 2.20. The lowest BCUT2D eigenvalue weighted by Gasteiger charge is -2.03. The van der Waals surface area contributed by atoms with Crippen LogP contribution in [0.1, 0.15) is 16.7 Å². The van der Waals surface area contributed by atoms with E-state index < -0.39 is 0 Å². The summed E-state index contributed by atoms with van der Waals surface area (Å²) >= 11 is 0. The number of hydrogen-bond donors (Lipinski definition) is 1. The number of hydrogen-bond acceptors (Lipinski definition) is 5. The Morgan fingerprint density at radius 2 is 1.54 bits per heavy atom. The minimum atomic E-state index is 0.205. The number of benzene rings is 2. The van der Waals surface area contributed by atoms with E-state index in [0.29, 0.717) is 5.69 Å². The number of nitriles is 1. The predicted molar refractivity (Wildman–Crippen MR) is 92.8 cm³/mol. The molecule has 2 aromatic carbocycles. The molecular weight excluding hydrogens is 300 g/mol. The monoisotopic (exact) mass is 316 g/mol. The summed E-state index contributed by atoms with van der Waals surface area (Å²) in [7, 11) is 0. The first-order valence-electron chi connectivity index (χ1n) is 7.42. The fraction of sp³-hybridized carbons (Fsp3) is 0.111. The Labute approximate surface area is 139 Å². The lowest BCUT2D eigenvalue weighted by atomic mass is 10.2. The van der Waals surface area contributed by atoms with Gasteiger partial charge in [-0.15, -0.1) is 15.3 Å². The van der Waals surface area contributed by atoms with Crippen LogP contribution in [0.3, 0.4) is 0 Å². The number of azo groups is 1. The molecule has 2 N–H and O–H groups in total. The zero-order valence-corrected chi connectivity index (χ0v) is 13.4. The van der Waals surface area contributed by atoms with E-state index in [2.05, 4.69) is 15.3 Å². The molecule has 0 atom stereocenters. The van der Waals surface area contributed by atoms with Gasteiger partial charge in [-0.3, -0.25) is 0 Å². The van der Waals surface area contributed by atoms with Crippen molar-refractivity contribution in [1.29, 1.82) is 5.26 Å². The van der Waals surface area contributed by atoms with Gasteiger partial charge in [-0.25, -0.2) is 4.68 Å². The van der Waals surface area contributed by atoms with Gasteiger partial charge in [0, 0.05) is 0 Å². The van der Waals surface area contributed by atoms with Crippen LogP contribution in [-0.2, 0) is 0 Å². The summed E-state index contributed by atoms with van der Waals surface area (Å²) < 4.78 is 1.50. The molecular formula is C18H16N6. The van der Waals surface area contributed by atoms with Crippen LogP contribution in [0.4, 0.5) is 17.3 Å². The summed E-state index contributed by atoms with van der Waals surface area (Å²) in [4.78, 5) is 0. The Kier molecular flexibility index (Phi) is 4.08. The summed E-state index contributed by atoms with van der Waals surface area (Å²) in [5.41, 5.74) is 9.99. The molecule has 0 saturated carbocycles. The number of nitrogens with two attached hydrogens (primary N) is 1. The molecule has 6 heteroatoms. The van der Waals surface area contributed by atoms with E-state index in [4.69, 9.17) is 5.73 Å². The van der Waals surface area contributed by atoms with Gasteiger partial charge in [-0.05, 0) is 38.1 Å². The Bertz CT molecular complexity index is 927. The smallest absolute Gasteiger partial charge is 0.216 e. The van der Waals surface area contributed by atoms with Crippen molar-refractivity contribution in [2.45, 2.75) is 13.8 Å². The molecule has 0 aliphatic rings. The van der Waals surface area contributed by atoms with E-state index in [1.807, 2.05) is 68.4 Å². The summed E-state index contributed by atoms with van der Waals surface area (Å²) in [6.07, 6.45) is 0. The van der Waals surface area contributed by atoms with Crippen molar-refractivity contribution in [2.75, 3.05) is 5.73 Å². The highest BCUT2D eigenvalue weighted by atomic mass is 15.4. The Morgan fingerprint density at radius 3 is 2.12 bits per heavy atom. The number of aryl methyl sites for hydroxylation is 2. The maximum atomic E-state index is 9.35. The second-order valence-corrected chi connectivity index (χ2v) is 5.48. The van der Waals surface area contributed by atoms with Crippen LogP contribution in [0.5, 0.6) is 0 Å². The summed E-state index contributed by atoms with van der Waals surface area (Å²) in [6, 6.07) is 17.3. The molecule has 1 aromatic heterocycles. The van der Waals surface area contributed by atoms with E-state index in [1.54, 1.807) is 0 Å². The molecule has 0 aliphatic heterocycles. The second-order valence-electron chi connectivity index (χ2n) is 5.48. The SMILES string of the molecule is Cc1ccc(N=Nc2nn(-c3ccc(C)cc3)c(N)c2C#N)cc1. The van der Waals surface area contributed by atoms with Crippen LogP contribution in [-0.4, -0.2) is 9.78 Å². The maximum Gasteiger partial charge on any atom is 0.216 e. The zero-order valence-electron chi connectivity index (χ0n) is 13.4. The molecule has 0 radical (unpaired) electrons. The molecule has 0 fully saturated rings. The lowest BCUT2D eigenvalue weighted by Crippen LogP contribution is -2.02. The molecule has 6 nitrogen and oxygen atoms in total. The quantitative estimate of drug-likeness (QED) is 0.728. The van der Waals surface area contributed by atoms with Gasteiger partial charge in [-0.2, -0.15) is 5.26 Å². The average molecular weight is 316 g/mol. The number of rotatable bonds is 3. The number of nitrogens with zero attached hydrogens (tertiary/aromatic N) is 5.